The van der Waals surface area contributed by atoms with Crippen molar-refractivity contribution in [3.63, 3.8) is 0 Å². The fourth-order valence-electron chi connectivity index (χ4n) is 1.37. The van der Waals surface area contributed by atoms with Gasteiger partial charge in [-0.1, -0.05) is 0 Å². The Kier molecular flexibility index (Phi) is 6.39. The predicted octanol–water partition coefficient (Wildman–Crippen LogP) is 1.49. The third-order valence-corrected chi connectivity index (χ3v) is 3.37. The van der Waals surface area contributed by atoms with E-state index in [9.17, 15) is 0 Å². The molecule has 1 heterocycles. The van der Waals surface area contributed by atoms with E-state index in [1.54, 1.807) is 18.4 Å². The van der Waals surface area contributed by atoms with Crippen molar-refractivity contribution in [2.45, 2.75) is 26.3 Å². The molecule has 4 nitrogen and oxygen atoms in total. The highest BCUT2D eigenvalue weighted by molar-refractivity contribution is 7.80. The molecule has 96 valence electrons. The Balaban J connectivity index is 2.16. The van der Waals surface area contributed by atoms with Crippen molar-refractivity contribution in [2.24, 2.45) is 0 Å². The van der Waals surface area contributed by atoms with Gasteiger partial charge in [-0.15, -0.1) is 11.3 Å². The van der Waals surface area contributed by atoms with Gasteiger partial charge in [0, 0.05) is 37.2 Å². The lowest BCUT2D eigenvalue weighted by Gasteiger charge is -2.15. The van der Waals surface area contributed by atoms with Crippen LogP contribution in [0.1, 0.15) is 17.6 Å². The molecular weight excluding hydrogens is 254 g/mol. The quantitative estimate of drug-likeness (QED) is 0.769. The van der Waals surface area contributed by atoms with Crippen LogP contribution in [0.4, 0.5) is 0 Å². The van der Waals surface area contributed by atoms with E-state index in [2.05, 4.69) is 21.0 Å². The molecule has 17 heavy (non-hydrogen) atoms. The standard InChI is InChI=1S/C11H19N3OS2/c1-8(6-15-3)14-11(16)12-5-4-10-13-9(2)7-17-10/h7-8H,4-6H2,1-3H3,(H2,12,14,16). The molecule has 0 aliphatic rings. The maximum absolute atomic E-state index is 5.17. The van der Waals surface area contributed by atoms with E-state index in [0.29, 0.717) is 11.7 Å². The summed E-state index contributed by atoms with van der Waals surface area (Å²) in [5.41, 5.74) is 1.08. The molecule has 1 aromatic rings. The third kappa shape index (κ3) is 5.95. The summed E-state index contributed by atoms with van der Waals surface area (Å²) in [6.45, 7) is 5.49. The smallest absolute Gasteiger partial charge is 0.166 e. The Bertz CT molecular complexity index is 354. The second-order valence-corrected chi connectivity index (χ2v) is 5.24. The summed E-state index contributed by atoms with van der Waals surface area (Å²) in [7, 11) is 1.68. The number of thiazole rings is 1. The monoisotopic (exact) mass is 273 g/mol. The average Bonchev–Trinajstić information content (AvgIpc) is 2.64. The molecule has 2 N–H and O–H groups in total. The maximum Gasteiger partial charge on any atom is 0.166 e. The van der Waals surface area contributed by atoms with E-state index in [1.165, 1.54) is 0 Å². The van der Waals surface area contributed by atoms with Crippen LogP contribution >= 0.6 is 23.6 Å². The first-order valence-corrected chi connectivity index (χ1v) is 6.85. The zero-order chi connectivity index (χ0) is 12.7. The van der Waals surface area contributed by atoms with Gasteiger partial charge < -0.3 is 15.4 Å². The number of aromatic nitrogens is 1. The minimum absolute atomic E-state index is 0.224. The molecule has 6 heteroatoms. The van der Waals surface area contributed by atoms with Crippen LogP contribution in [0.2, 0.25) is 0 Å². The summed E-state index contributed by atoms with van der Waals surface area (Å²) in [6, 6.07) is 0.224. The lowest BCUT2D eigenvalue weighted by atomic mass is 10.4. The molecule has 0 bridgehead atoms. The van der Waals surface area contributed by atoms with E-state index in [-0.39, 0.29) is 6.04 Å². The van der Waals surface area contributed by atoms with Crippen LogP contribution in [0, 0.1) is 6.92 Å². The van der Waals surface area contributed by atoms with Crippen LogP contribution in [0.3, 0.4) is 0 Å². The molecule has 0 spiro atoms. The minimum Gasteiger partial charge on any atom is -0.383 e. The van der Waals surface area contributed by atoms with Crippen molar-refractivity contribution in [3.05, 3.63) is 16.1 Å². The number of hydrogen-bond acceptors (Lipinski definition) is 4. The van der Waals surface area contributed by atoms with Crippen LogP contribution in [-0.4, -0.2) is 36.4 Å². The van der Waals surface area contributed by atoms with Crippen LogP contribution in [0.15, 0.2) is 5.38 Å². The van der Waals surface area contributed by atoms with Crippen molar-refractivity contribution in [3.8, 4) is 0 Å². The van der Waals surface area contributed by atoms with Crippen LogP contribution in [0.5, 0.6) is 0 Å². The second kappa shape index (κ2) is 7.58. The number of thiocarbonyl (C=S) groups is 1. The Morgan fingerprint density at radius 3 is 3.00 bits per heavy atom. The van der Waals surface area contributed by atoms with E-state index < -0.39 is 0 Å². The molecule has 0 saturated carbocycles. The molecular formula is C11H19N3OS2. The maximum atomic E-state index is 5.17. The first kappa shape index (κ1) is 14.3. The number of aryl methyl sites for hydroxylation is 1. The molecule has 1 rings (SSSR count). The van der Waals surface area contributed by atoms with Gasteiger partial charge in [0.15, 0.2) is 5.11 Å². The summed E-state index contributed by atoms with van der Waals surface area (Å²) in [5.74, 6) is 0. The molecule has 0 fully saturated rings. The molecule has 0 amide bonds. The van der Waals surface area contributed by atoms with Gasteiger partial charge in [0.05, 0.1) is 11.6 Å². The highest BCUT2D eigenvalue weighted by atomic mass is 32.1. The van der Waals surface area contributed by atoms with Crippen molar-refractivity contribution >= 4 is 28.7 Å². The summed E-state index contributed by atoms with van der Waals surface area (Å²) in [6.07, 6.45) is 0.902. The van der Waals surface area contributed by atoms with E-state index in [0.717, 1.165) is 23.7 Å². The molecule has 0 aromatic carbocycles. The van der Waals surface area contributed by atoms with Gasteiger partial charge in [0.1, 0.15) is 0 Å². The third-order valence-electron chi connectivity index (χ3n) is 2.09. The van der Waals surface area contributed by atoms with E-state index >= 15 is 0 Å². The molecule has 1 aromatic heterocycles. The Morgan fingerprint density at radius 1 is 1.65 bits per heavy atom. The lowest BCUT2D eigenvalue weighted by molar-refractivity contribution is 0.179. The summed E-state index contributed by atoms with van der Waals surface area (Å²) >= 11 is 6.86. The first-order valence-electron chi connectivity index (χ1n) is 5.56. The normalized spacial score (nSPS) is 12.2. The Morgan fingerprint density at radius 2 is 2.41 bits per heavy atom. The van der Waals surface area contributed by atoms with Crippen molar-refractivity contribution in [2.75, 3.05) is 20.3 Å². The van der Waals surface area contributed by atoms with E-state index in [4.69, 9.17) is 17.0 Å². The predicted molar refractivity (Wildman–Crippen MR) is 75.6 cm³/mol. The fraction of sp³-hybridized carbons (Fsp3) is 0.636. The highest BCUT2D eigenvalue weighted by Crippen LogP contribution is 2.08. The van der Waals surface area contributed by atoms with Gasteiger partial charge >= 0.3 is 0 Å². The molecule has 1 unspecified atom stereocenters. The van der Waals surface area contributed by atoms with Gasteiger partial charge in [-0.05, 0) is 26.1 Å². The lowest BCUT2D eigenvalue weighted by Crippen LogP contribution is -2.43. The topological polar surface area (TPSA) is 46.2 Å². The zero-order valence-electron chi connectivity index (χ0n) is 10.4. The summed E-state index contributed by atoms with van der Waals surface area (Å²) in [5, 5.41) is 10.2. The minimum atomic E-state index is 0.224. The molecule has 0 radical (unpaired) electrons. The van der Waals surface area contributed by atoms with Gasteiger partial charge in [-0.3, -0.25) is 0 Å². The Hall–Kier alpha value is -0.720. The van der Waals surface area contributed by atoms with Crippen molar-refractivity contribution in [1.29, 1.82) is 0 Å². The molecule has 0 aliphatic carbocycles. The number of nitrogens with zero attached hydrogens (tertiary/aromatic N) is 1. The molecule has 0 aliphatic heterocycles. The van der Waals surface area contributed by atoms with Gasteiger partial charge in [0.2, 0.25) is 0 Å². The molecule has 0 saturated heterocycles. The highest BCUT2D eigenvalue weighted by Gasteiger charge is 2.03. The van der Waals surface area contributed by atoms with Crippen LogP contribution in [-0.2, 0) is 11.2 Å². The van der Waals surface area contributed by atoms with Crippen molar-refractivity contribution in [1.82, 2.24) is 15.6 Å². The largest absolute Gasteiger partial charge is 0.383 e. The van der Waals surface area contributed by atoms with Gasteiger partial charge in [-0.25, -0.2) is 4.98 Å². The SMILES string of the molecule is COCC(C)NC(=S)NCCc1nc(C)cs1. The summed E-state index contributed by atoms with van der Waals surface area (Å²) < 4.78 is 5.02. The van der Waals surface area contributed by atoms with Crippen LogP contribution < -0.4 is 10.6 Å². The van der Waals surface area contributed by atoms with Gasteiger partial charge in [-0.2, -0.15) is 0 Å². The van der Waals surface area contributed by atoms with Crippen molar-refractivity contribution < 1.29 is 4.74 Å². The zero-order valence-corrected chi connectivity index (χ0v) is 12.1. The van der Waals surface area contributed by atoms with Crippen LogP contribution in [0.25, 0.3) is 0 Å². The van der Waals surface area contributed by atoms with Gasteiger partial charge in [0.25, 0.3) is 0 Å². The number of nitrogens with one attached hydrogen (secondary N) is 2. The Labute approximate surface area is 112 Å². The number of rotatable bonds is 6. The summed E-state index contributed by atoms with van der Waals surface area (Å²) in [4.78, 5) is 4.39. The number of hydrogen-bond donors (Lipinski definition) is 2. The second-order valence-electron chi connectivity index (χ2n) is 3.89. The number of methoxy groups -OCH3 is 1. The fourth-order valence-corrected chi connectivity index (χ4v) is 2.45. The first-order chi connectivity index (χ1) is 8.11. The average molecular weight is 273 g/mol. The molecule has 1 atom stereocenters. The number of ether oxygens (including phenoxy) is 1. The van der Waals surface area contributed by atoms with E-state index in [1.807, 2.05) is 13.8 Å².